The van der Waals surface area contributed by atoms with Crippen molar-refractivity contribution < 1.29 is 22.7 Å². The molecule has 1 N–H and O–H groups in total. The minimum Gasteiger partial charge on any atom is -0.486 e. The molecular weight excluding hydrogens is 400 g/mol. The zero-order chi connectivity index (χ0) is 19.6. The third-order valence-electron chi connectivity index (χ3n) is 4.92. The Morgan fingerprint density at radius 2 is 2.04 bits per heavy atom. The van der Waals surface area contributed by atoms with Crippen molar-refractivity contribution in [3.8, 4) is 11.5 Å². The molecule has 7 nitrogen and oxygen atoms in total. The van der Waals surface area contributed by atoms with Gasteiger partial charge in [-0.15, -0.1) is 11.3 Å². The highest BCUT2D eigenvalue weighted by Crippen LogP contribution is 2.31. The summed E-state index contributed by atoms with van der Waals surface area (Å²) in [5.74, 6) is 1.27. The first-order chi connectivity index (χ1) is 13.5. The SMILES string of the molecule is O=C(c1ccc2c(c1)OCCO2)N1CCC[C@H](CNS(=O)(=O)c2cccs2)C1. The Balaban J connectivity index is 1.39. The van der Waals surface area contributed by atoms with Crippen LogP contribution in [0.25, 0.3) is 0 Å². The van der Waals surface area contributed by atoms with Crippen molar-refractivity contribution in [3.05, 3.63) is 41.3 Å². The smallest absolute Gasteiger partial charge is 0.254 e. The second-order valence-electron chi connectivity index (χ2n) is 6.90. The Morgan fingerprint density at radius 3 is 2.82 bits per heavy atom. The molecule has 0 spiro atoms. The summed E-state index contributed by atoms with van der Waals surface area (Å²) in [6.07, 6.45) is 1.74. The van der Waals surface area contributed by atoms with Crippen LogP contribution in [-0.4, -0.2) is 52.1 Å². The van der Waals surface area contributed by atoms with E-state index >= 15 is 0 Å². The minimum atomic E-state index is -3.48. The van der Waals surface area contributed by atoms with Crippen LogP contribution < -0.4 is 14.2 Å². The van der Waals surface area contributed by atoms with Gasteiger partial charge in [-0.05, 0) is 48.4 Å². The number of nitrogens with zero attached hydrogens (tertiary/aromatic N) is 1. The number of fused-ring (bicyclic) bond motifs is 1. The number of hydrogen-bond donors (Lipinski definition) is 1. The number of carbonyl (C=O) groups excluding carboxylic acids is 1. The predicted molar refractivity (Wildman–Crippen MR) is 106 cm³/mol. The van der Waals surface area contributed by atoms with Crippen LogP contribution in [0.4, 0.5) is 0 Å². The highest BCUT2D eigenvalue weighted by molar-refractivity contribution is 7.91. The molecule has 0 saturated carbocycles. The lowest BCUT2D eigenvalue weighted by Gasteiger charge is -2.33. The number of amides is 1. The lowest BCUT2D eigenvalue weighted by molar-refractivity contribution is 0.0675. The van der Waals surface area contributed by atoms with E-state index in [9.17, 15) is 13.2 Å². The summed E-state index contributed by atoms with van der Waals surface area (Å²) in [4.78, 5) is 14.7. The Morgan fingerprint density at radius 1 is 1.21 bits per heavy atom. The van der Waals surface area contributed by atoms with Gasteiger partial charge in [0.1, 0.15) is 17.4 Å². The number of rotatable bonds is 5. The second-order valence-corrected chi connectivity index (χ2v) is 9.84. The van der Waals surface area contributed by atoms with Crippen LogP contribution in [0.5, 0.6) is 11.5 Å². The average Bonchev–Trinajstić information content (AvgIpc) is 3.28. The zero-order valence-corrected chi connectivity index (χ0v) is 16.9. The molecule has 0 unspecified atom stereocenters. The highest BCUT2D eigenvalue weighted by Gasteiger charge is 2.27. The van der Waals surface area contributed by atoms with Crippen LogP contribution in [0.1, 0.15) is 23.2 Å². The number of piperidine rings is 1. The molecule has 9 heteroatoms. The molecule has 4 rings (SSSR count). The fraction of sp³-hybridized carbons (Fsp3) is 0.421. The van der Waals surface area contributed by atoms with E-state index in [0.717, 1.165) is 12.8 Å². The summed E-state index contributed by atoms with van der Waals surface area (Å²) in [6.45, 7) is 2.50. The van der Waals surface area contributed by atoms with Gasteiger partial charge in [-0.1, -0.05) is 6.07 Å². The van der Waals surface area contributed by atoms with Gasteiger partial charge in [-0.3, -0.25) is 4.79 Å². The summed E-state index contributed by atoms with van der Waals surface area (Å²) in [6, 6.07) is 8.54. The number of hydrogen-bond acceptors (Lipinski definition) is 6. The van der Waals surface area contributed by atoms with Crippen molar-refractivity contribution in [1.29, 1.82) is 0 Å². The van der Waals surface area contributed by atoms with Gasteiger partial charge in [-0.25, -0.2) is 13.1 Å². The van der Waals surface area contributed by atoms with E-state index < -0.39 is 10.0 Å². The summed E-state index contributed by atoms with van der Waals surface area (Å²) >= 11 is 1.19. The van der Waals surface area contributed by atoms with Crippen molar-refractivity contribution in [2.45, 2.75) is 17.1 Å². The summed E-state index contributed by atoms with van der Waals surface area (Å²) in [5.41, 5.74) is 0.559. The van der Waals surface area contributed by atoms with Crippen LogP contribution in [-0.2, 0) is 10.0 Å². The van der Waals surface area contributed by atoms with Crippen molar-refractivity contribution in [3.63, 3.8) is 0 Å². The van der Waals surface area contributed by atoms with E-state index in [2.05, 4.69) is 4.72 Å². The van der Waals surface area contributed by atoms with Crippen LogP contribution in [0.3, 0.4) is 0 Å². The van der Waals surface area contributed by atoms with Gasteiger partial charge < -0.3 is 14.4 Å². The van der Waals surface area contributed by atoms with Crippen LogP contribution >= 0.6 is 11.3 Å². The largest absolute Gasteiger partial charge is 0.486 e. The van der Waals surface area contributed by atoms with E-state index in [1.807, 2.05) is 0 Å². The van der Waals surface area contributed by atoms with Gasteiger partial charge in [0.05, 0.1) is 0 Å². The average molecular weight is 423 g/mol. The fourth-order valence-electron chi connectivity index (χ4n) is 3.49. The molecule has 1 aromatic heterocycles. The molecule has 1 fully saturated rings. The van der Waals surface area contributed by atoms with E-state index in [-0.39, 0.29) is 11.8 Å². The summed E-state index contributed by atoms with van der Waals surface area (Å²) in [5, 5.41) is 1.74. The van der Waals surface area contributed by atoms with E-state index in [4.69, 9.17) is 9.47 Å². The molecule has 1 saturated heterocycles. The first-order valence-corrected chi connectivity index (χ1v) is 11.6. The first-order valence-electron chi connectivity index (χ1n) is 9.25. The van der Waals surface area contributed by atoms with Gasteiger partial charge in [0, 0.05) is 25.2 Å². The van der Waals surface area contributed by atoms with Crippen molar-refractivity contribution in [2.75, 3.05) is 32.8 Å². The number of carbonyl (C=O) groups is 1. The predicted octanol–water partition coefficient (Wildman–Crippen LogP) is 2.35. The van der Waals surface area contributed by atoms with Gasteiger partial charge in [-0.2, -0.15) is 0 Å². The number of ether oxygens (including phenoxy) is 2. The molecule has 150 valence electrons. The van der Waals surface area contributed by atoms with Crippen LogP contribution in [0, 0.1) is 5.92 Å². The molecule has 1 aromatic carbocycles. The Labute approximate surface area is 168 Å². The van der Waals surface area contributed by atoms with Crippen molar-refractivity contribution in [1.82, 2.24) is 9.62 Å². The molecule has 28 heavy (non-hydrogen) atoms. The third-order valence-corrected chi connectivity index (χ3v) is 7.74. The Bertz CT molecular complexity index is 943. The van der Waals surface area contributed by atoms with Gasteiger partial charge in [0.15, 0.2) is 11.5 Å². The standard InChI is InChI=1S/C19H22N2O5S2/c22-19(15-5-6-16-17(11-15)26-9-8-25-16)21-7-1-3-14(13-21)12-20-28(23,24)18-4-2-10-27-18/h2,4-6,10-11,14,20H,1,3,7-9,12-13H2/t14-/m1/s1. The zero-order valence-electron chi connectivity index (χ0n) is 15.3. The fourth-order valence-corrected chi connectivity index (χ4v) is 5.64. The van der Waals surface area contributed by atoms with E-state index in [1.54, 1.807) is 40.6 Å². The van der Waals surface area contributed by atoms with Gasteiger partial charge in [0.2, 0.25) is 10.0 Å². The number of benzene rings is 1. The number of sulfonamides is 1. The van der Waals surface area contributed by atoms with E-state index in [1.165, 1.54) is 11.3 Å². The van der Waals surface area contributed by atoms with Gasteiger partial charge >= 0.3 is 0 Å². The van der Waals surface area contributed by atoms with Crippen LogP contribution in [0.15, 0.2) is 39.9 Å². The summed E-state index contributed by atoms with van der Waals surface area (Å²) < 4.78 is 38.7. The van der Waals surface area contributed by atoms with Crippen molar-refractivity contribution in [2.24, 2.45) is 5.92 Å². The maximum Gasteiger partial charge on any atom is 0.254 e. The topological polar surface area (TPSA) is 84.9 Å². The molecular formula is C19H22N2O5S2. The molecule has 1 atom stereocenters. The normalized spacial score (nSPS) is 19.4. The minimum absolute atomic E-state index is 0.0669. The maximum absolute atomic E-state index is 12.9. The maximum atomic E-state index is 12.9. The quantitative estimate of drug-likeness (QED) is 0.800. The molecule has 1 amide bonds. The van der Waals surface area contributed by atoms with Crippen molar-refractivity contribution >= 4 is 27.3 Å². The number of likely N-dealkylation sites (tertiary alicyclic amines) is 1. The molecule has 0 bridgehead atoms. The molecule has 2 aromatic rings. The third kappa shape index (κ3) is 4.16. The molecule has 0 radical (unpaired) electrons. The molecule has 2 aliphatic rings. The Hall–Kier alpha value is -2.10. The molecule has 0 aliphatic carbocycles. The highest BCUT2D eigenvalue weighted by atomic mass is 32.2. The number of nitrogens with one attached hydrogen (secondary N) is 1. The van der Waals surface area contributed by atoms with Crippen LogP contribution in [0.2, 0.25) is 0 Å². The monoisotopic (exact) mass is 422 g/mol. The second kappa shape index (κ2) is 8.10. The Kier molecular flexibility index (Phi) is 5.56. The van der Waals surface area contributed by atoms with Gasteiger partial charge in [0.25, 0.3) is 5.91 Å². The summed E-state index contributed by atoms with van der Waals surface area (Å²) in [7, 11) is -3.48. The first kappa shape index (κ1) is 19.2. The van der Waals surface area contributed by atoms with E-state index in [0.29, 0.717) is 54.1 Å². The molecule has 3 heterocycles. The molecule has 2 aliphatic heterocycles. The number of thiophene rings is 1. The lowest BCUT2D eigenvalue weighted by atomic mass is 9.97. The lowest BCUT2D eigenvalue weighted by Crippen LogP contribution is -2.43.